The quantitative estimate of drug-likeness (QED) is 0.884. The Balaban J connectivity index is 1.66. The van der Waals surface area contributed by atoms with Crippen molar-refractivity contribution in [3.05, 3.63) is 29.3 Å². The van der Waals surface area contributed by atoms with Gasteiger partial charge in [-0.3, -0.25) is 0 Å². The molecule has 0 amide bonds. The number of hydrogen-bond donors (Lipinski definition) is 1. The molecule has 1 aromatic rings. The molecule has 0 heterocycles. The van der Waals surface area contributed by atoms with Crippen LogP contribution in [0, 0.1) is 16.7 Å². The molecule has 1 N–H and O–H groups in total. The lowest BCUT2D eigenvalue weighted by molar-refractivity contribution is 0.180. The molecule has 18 heavy (non-hydrogen) atoms. The highest BCUT2D eigenvalue weighted by Gasteiger charge is 2.43. The van der Waals surface area contributed by atoms with Gasteiger partial charge in [0.05, 0.1) is 18.8 Å². The van der Waals surface area contributed by atoms with E-state index in [1.54, 1.807) is 0 Å². The van der Waals surface area contributed by atoms with E-state index in [2.05, 4.69) is 6.07 Å². The first-order valence-electron chi connectivity index (χ1n) is 6.53. The number of ether oxygens (including phenoxy) is 1. The molecule has 0 radical (unpaired) electrons. The van der Waals surface area contributed by atoms with Crippen LogP contribution in [0.4, 0.5) is 0 Å². The van der Waals surface area contributed by atoms with Gasteiger partial charge in [0, 0.05) is 11.8 Å². The van der Waals surface area contributed by atoms with Gasteiger partial charge in [-0.15, -0.1) is 0 Å². The molecule has 1 unspecified atom stereocenters. The standard InChI is InChI=1S/C15H17NO2/c16-8-7-15(5-6-15)10-18-12-2-3-13-11(9-12)1-4-14(13)17/h2-3,9,14,17H,1,4-7,10H2. The highest BCUT2D eigenvalue weighted by Crippen LogP contribution is 2.48. The lowest BCUT2D eigenvalue weighted by atomic mass is 10.1. The molecular formula is C15H17NO2. The van der Waals surface area contributed by atoms with Gasteiger partial charge >= 0.3 is 0 Å². The normalized spacial score (nSPS) is 23.2. The van der Waals surface area contributed by atoms with E-state index in [9.17, 15) is 5.11 Å². The van der Waals surface area contributed by atoms with Gasteiger partial charge in [0.1, 0.15) is 5.75 Å². The van der Waals surface area contributed by atoms with Crippen LogP contribution in [0.5, 0.6) is 5.75 Å². The first kappa shape index (κ1) is 11.6. The minimum atomic E-state index is -0.303. The van der Waals surface area contributed by atoms with Crippen molar-refractivity contribution in [1.29, 1.82) is 5.26 Å². The maximum absolute atomic E-state index is 9.73. The molecule has 1 saturated carbocycles. The van der Waals surface area contributed by atoms with E-state index in [0.29, 0.717) is 13.0 Å². The second kappa shape index (κ2) is 4.29. The Bertz CT molecular complexity index is 500. The fourth-order valence-corrected chi connectivity index (χ4v) is 2.61. The molecule has 0 aliphatic heterocycles. The van der Waals surface area contributed by atoms with Crippen LogP contribution < -0.4 is 4.74 Å². The van der Waals surface area contributed by atoms with Gasteiger partial charge in [-0.2, -0.15) is 5.26 Å². The van der Waals surface area contributed by atoms with Crippen LogP contribution >= 0.6 is 0 Å². The van der Waals surface area contributed by atoms with E-state index < -0.39 is 0 Å². The van der Waals surface area contributed by atoms with Crippen LogP contribution in [0.3, 0.4) is 0 Å². The molecule has 2 aliphatic carbocycles. The number of nitriles is 1. The number of aryl methyl sites for hydroxylation is 1. The summed E-state index contributed by atoms with van der Waals surface area (Å²) in [5.41, 5.74) is 2.36. The fraction of sp³-hybridized carbons (Fsp3) is 0.533. The van der Waals surface area contributed by atoms with Crippen LogP contribution in [-0.4, -0.2) is 11.7 Å². The average Bonchev–Trinajstić information content (AvgIpc) is 3.05. The predicted molar refractivity (Wildman–Crippen MR) is 67.1 cm³/mol. The van der Waals surface area contributed by atoms with Crippen LogP contribution in [0.15, 0.2) is 18.2 Å². The summed E-state index contributed by atoms with van der Waals surface area (Å²) in [5.74, 6) is 0.868. The molecule has 1 atom stereocenters. The number of fused-ring (bicyclic) bond motifs is 1. The Hall–Kier alpha value is -1.53. The summed E-state index contributed by atoms with van der Waals surface area (Å²) in [6, 6.07) is 8.17. The monoisotopic (exact) mass is 243 g/mol. The van der Waals surface area contributed by atoms with Crippen LogP contribution in [0.1, 0.15) is 42.9 Å². The largest absolute Gasteiger partial charge is 0.493 e. The molecule has 1 fully saturated rings. The molecule has 0 bridgehead atoms. The van der Waals surface area contributed by atoms with Crippen molar-refractivity contribution in [2.45, 2.75) is 38.2 Å². The summed E-state index contributed by atoms with van der Waals surface area (Å²) in [7, 11) is 0. The summed E-state index contributed by atoms with van der Waals surface area (Å²) < 4.78 is 5.81. The minimum absolute atomic E-state index is 0.118. The van der Waals surface area contributed by atoms with Crippen LogP contribution in [0.2, 0.25) is 0 Å². The van der Waals surface area contributed by atoms with Crippen molar-refractivity contribution in [2.75, 3.05) is 6.61 Å². The van der Waals surface area contributed by atoms with Gasteiger partial charge in [0.15, 0.2) is 0 Å². The van der Waals surface area contributed by atoms with E-state index in [0.717, 1.165) is 37.0 Å². The molecule has 0 saturated heterocycles. The topological polar surface area (TPSA) is 53.2 Å². The average molecular weight is 243 g/mol. The third kappa shape index (κ3) is 2.09. The van der Waals surface area contributed by atoms with Crippen LogP contribution in [-0.2, 0) is 6.42 Å². The first-order chi connectivity index (χ1) is 8.72. The molecule has 3 heteroatoms. The minimum Gasteiger partial charge on any atom is -0.493 e. The van der Waals surface area contributed by atoms with E-state index in [-0.39, 0.29) is 11.5 Å². The van der Waals surface area contributed by atoms with Gasteiger partial charge in [-0.05, 0) is 48.9 Å². The Morgan fingerprint density at radius 1 is 1.44 bits per heavy atom. The van der Waals surface area contributed by atoms with Crippen molar-refractivity contribution in [3.8, 4) is 11.8 Å². The Morgan fingerprint density at radius 2 is 2.28 bits per heavy atom. The molecule has 1 aromatic carbocycles. The number of rotatable bonds is 4. The number of aliphatic hydroxyl groups excluding tert-OH is 1. The maximum Gasteiger partial charge on any atom is 0.119 e. The molecule has 3 rings (SSSR count). The summed E-state index contributed by atoms with van der Waals surface area (Å²) in [6.45, 7) is 0.641. The summed E-state index contributed by atoms with van der Waals surface area (Å²) in [4.78, 5) is 0. The molecule has 2 aliphatic rings. The van der Waals surface area contributed by atoms with Gasteiger partial charge in [0.2, 0.25) is 0 Å². The van der Waals surface area contributed by atoms with Crippen molar-refractivity contribution < 1.29 is 9.84 Å². The van der Waals surface area contributed by atoms with Gasteiger partial charge < -0.3 is 9.84 Å². The van der Waals surface area contributed by atoms with Crippen molar-refractivity contribution in [1.82, 2.24) is 0 Å². The fourth-order valence-electron chi connectivity index (χ4n) is 2.61. The third-order valence-electron chi connectivity index (χ3n) is 4.12. The third-order valence-corrected chi connectivity index (χ3v) is 4.12. The van der Waals surface area contributed by atoms with E-state index in [1.807, 2.05) is 18.2 Å². The Morgan fingerprint density at radius 3 is 3.00 bits per heavy atom. The second-order valence-electron chi connectivity index (χ2n) is 5.54. The number of nitrogens with zero attached hydrogens (tertiary/aromatic N) is 1. The van der Waals surface area contributed by atoms with Crippen molar-refractivity contribution in [2.24, 2.45) is 5.41 Å². The number of hydrogen-bond acceptors (Lipinski definition) is 3. The Kier molecular flexibility index (Phi) is 2.76. The molecule has 94 valence electrons. The summed E-state index contributed by atoms with van der Waals surface area (Å²) >= 11 is 0. The van der Waals surface area contributed by atoms with Gasteiger partial charge in [0.25, 0.3) is 0 Å². The van der Waals surface area contributed by atoms with Gasteiger partial charge in [-0.25, -0.2) is 0 Å². The van der Waals surface area contributed by atoms with E-state index in [4.69, 9.17) is 10.00 Å². The highest BCUT2D eigenvalue weighted by atomic mass is 16.5. The predicted octanol–water partition coefficient (Wildman–Crippen LogP) is 2.74. The zero-order chi connectivity index (χ0) is 12.6. The van der Waals surface area contributed by atoms with E-state index in [1.165, 1.54) is 5.56 Å². The zero-order valence-electron chi connectivity index (χ0n) is 10.4. The lowest BCUT2D eigenvalue weighted by Gasteiger charge is -2.14. The first-order valence-corrected chi connectivity index (χ1v) is 6.53. The van der Waals surface area contributed by atoms with Crippen molar-refractivity contribution in [3.63, 3.8) is 0 Å². The van der Waals surface area contributed by atoms with Gasteiger partial charge in [-0.1, -0.05) is 6.07 Å². The highest BCUT2D eigenvalue weighted by molar-refractivity contribution is 5.39. The van der Waals surface area contributed by atoms with Crippen molar-refractivity contribution >= 4 is 0 Å². The Labute approximate surface area is 107 Å². The summed E-state index contributed by atoms with van der Waals surface area (Å²) in [5, 5.41) is 18.5. The smallest absolute Gasteiger partial charge is 0.119 e. The van der Waals surface area contributed by atoms with E-state index >= 15 is 0 Å². The zero-order valence-corrected chi connectivity index (χ0v) is 10.4. The lowest BCUT2D eigenvalue weighted by Crippen LogP contribution is -2.12. The number of aliphatic hydroxyl groups is 1. The summed E-state index contributed by atoms with van der Waals surface area (Å²) in [6.07, 6.45) is 4.24. The molecule has 0 aromatic heterocycles. The SMILES string of the molecule is N#CCC1(COc2ccc3c(c2)CCC3O)CC1. The number of benzene rings is 1. The second-order valence-corrected chi connectivity index (χ2v) is 5.54. The maximum atomic E-state index is 9.73. The molecular weight excluding hydrogens is 226 g/mol. The molecule has 0 spiro atoms. The molecule has 3 nitrogen and oxygen atoms in total. The van der Waals surface area contributed by atoms with Crippen LogP contribution in [0.25, 0.3) is 0 Å².